The summed E-state index contributed by atoms with van der Waals surface area (Å²) in [6.07, 6.45) is 2.19. The van der Waals surface area contributed by atoms with Gasteiger partial charge in [-0.1, -0.05) is 35.4 Å². The van der Waals surface area contributed by atoms with Gasteiger partial charge in [-0.05, 0) is 60.7 Å². The number of hydrazine groups is 1. The Hall–Kier alpha value is -4.90. The van der Waals surface area contributed by atoms with Crippen molar-refractivity contribution < 1.29 is 38.1 Å². The first kappa shape index (κ1) is 30.7. The van der Waals surface area contributed by atoms with E-state index in [1.165, 1.54) is 51.6 Å². The summed E-state index contributed by atoms with van der Waals surface area (Å²) < 4.78 is 25.0. The maximum atomic E-state index is 15.1. The number of rotatable bonds is 6. The first-order chi connectivity index (χ1) is 22.5. The number of methoxy groups -OCH3 is 2. The number of allylic oxidation sites excluding steroid dienone is 2. The van der Waals surface area contributed by atoms with Crippen LogP contribution in [0.1, 0.15) is 29.9 Å². The Kier molecular flexibility index (Phi) is 7.27. The molecule has 0 aromatic heterocycles. The number of likely N-dealkylation sites (tertiary alicyclic amines) is 1. The third-order valence-corrected chi connectivity index (χ3v) is 10.6. The Morgan fingerprint density at radius 2 is 1.64 bits per heavy atom. The number of benzene rings is 3. The van der Waals surface area contributed by atoms with Gasteiger partial charge in [0.2, 0.25) is 11.8 Å². The molecule has 0 spiro atoms. The number of ether oxygens (including phenoxy) is 2. The number of phenols is 1. The van der Waals surface area contributed by atoms with E-state index >= 15 is 4.79 Å². The number of hydrogen-bond donors (Lipinski definition) is 2. The van der Waals surface area contributed by atoms with Crippen molar-refractivity contribution in [2.24, 2.45) is 23.7 Å². The van der Waals surface area contributed by atoms with Gasteiger partial charge in [0.15, 0.2) is 0 Å². The molecule has 2 saturated heterocycles. The number of carbonyl (C=O) groups excluding carboxylic acids is 4. The number of imide groups is 2. The molecule has 12 heteroatoms. The van der Waals surface area contributed by atoms with Crippen LogP contribution in [0, 0.1) is 29.5 Å². The van der Waals surface area contributed by atoms with E-state index in [9.17, 15) is 23.9 Å². The summed E-state index contributed by atoms with van der Waals surface area (Å²) in [5, 5.41) is 13.1. The molecule has 2 aliphatic carbocycles. The molecule has 2 aliphatic heterocycles. The van der Waals surface area contributed by atoms with E-state index in [1.54, 1.807) is 30.3 Å². The van der Waals surface area contributed by atoms with Crippen molar-refractivity contribution in [3.05, 3.63) is 94.3 Å². The predicted molar refractivity (Wildman–Crippen MR) is 168 cm³/mol. The maximum Gasteiger partial charge on any atom is 0.260 e. The van der Waals surface area contributed by atoms with Gasteiger partial charge < -0.3 is 14.6 Å². The predicted octanol–water partition coefficient (Wildman–Crippen LogP) is 4.82. The number of aromatic hydroxyl groups is 1. The van der Waals surface area contributed by atoms with Gasteiger partial charge in [-0.15, -0.1) is 0 Å². The normalized spacial score (nSPS) is 28.1. The van der Waals surface area contributed by atoms with E-state index in [0.29, 0.717) is 27.6 Å². The van der Waals surface area contributed by atoms with Crippen molar-refractivity contribution >= 4 is 40.9 Å². The molecule has 4 aliphatic rings. The fourth-order valence-corrected chi connectivity index (χ4v) is 8.42. The number of halogens is 2. The van der Waals surface area contributed by atoms with Crippen LogP contribution in [-0.2, 0) is 24.6 Å². The van der Waals surface area contributed by atoms with E-state index in [2.05, 4.69) is 5.43 Å². The van der Waals surface area contributed by atoms with Crippen molar-refractivity contribution in [2.75, 3.05) is 26.7 Å². The molecule has 242 valence electrons. The highest BCUT2D eigenvalue weighted by Gasteiger charge is 2.71. The van der Waals surface area contributed by atoms with Crippen molar-refractivity contribution in [1.29, 1.82) is 0 Å². The van der Waals surface area contributed by atoms with Gasteiger partial charge in [-0.25, -0.2) is 4.39 Å². The summed E-state index contributed by atoms with van der Waals surface area (Å²) in [7, 11) is 4.32. The quantitative estimate of drug-likeness (QED) is 0.285. The zero-order chi connectivity index (χ0) is 33.4. The molecular weight excluding hydrogens is 629 g/mol. The fourth-order valence-electron chi connectivity index (χ4n) is 8.29. The highest BCUT2D eigenvalue weighted by molar-refractivity contribution is 6.30. The Morgan fingerprint density at radius 3 is 2.30 bits per heavy atom. The molecule has 3 fully saturated rings. The first-order valence-electron chi connectivity index (χ1n) is 15.2. The fraction of sp³-hybridized carbons (Fsp3) is 0.314. The monoisotopic (exact) mass is 659 g/mol. The number of nitrogens with one attached hydrogen (secondary N) is 1. The Labute approximate surface area is 274 Å². The standard InChI is InChI=1S/C35H31ClFN3O7/c1-39-31(42)23-13-12-22-24(28(23)33(39)44)16-25-32(43)40(38-20-10-8-19(37)9-11-20)34(45)35(25,17-4-6-18(36)7-5-17)30(22)29-26(41)14-21(46-2)15-27(29)47-3/h4-12,14-15,23-25,28,30,38,41H,13,16H2,1-3H3/t23-,24+,25-,28-,30+,35+/m0/s1. The molecule has 6 atom stereocenters. The minimum atomic E-state index is -1.67. The van der Waals surface area contributed by atoms with Crippen LogP contribution in [0.15, 0.2) is 72.3 Å². The Bertz CT molecular complexity index is 1860. The number of nitrogens with zero attached hydrogens (tertiary/aromatic N) is 2. The minimum Gasteiger partial charge on any atom is -0.507 e. The summed E-state index contributed by atoms with van der Waals surface area (Å²) in [5.41, 5.74) is 2.87. The van der Waals surface area contributed by atoms with Crippen LogP contribution in [-0.4, -0.2) is 59.9 Å². The van der Waals surface area contributed by atoms with Crippen LogP contribution in [0.25, 0.3) is 0 Å². The zero-order valence-electron chi connectivity index (χ0n) is 25.7. The van der Waals surface area contributed by atoms with Gasteiger partial charge in [0, 0.05) is 35.7 Å². The molecular formula is C35H31ClFN3O7. The highest BCUT2D eigenvalue weighted by Crippen LogP contribution is 2.66. The number of anilines is 1. The van der Waals surface area contributed by atoms with Gasteiger partial charge in [0.25, 0.3) is 11.8 Å². The summed E-state index contributed by atoms with van der Waals surface area (Å²) in [6, 6.07) is 14.9. The third-order valence-electron chi connectivity index (χ3n) is 10.3. The number of carbonyl (C=O) groups is 4. The zero-order valence-corrected chi connectivity index (χ0v) is 26.5. The molecule has 47 heavy (non-hydrogen) atoms. The minimum absolute atomic E-state index is 0.0738. The van der Waals surface area contributed by atoms with Crippen molar-refractivity contribution in [2.45, 2.75) is 24.2 Å². The summed E-state index contributed by atoms with van der Waals surface area (Å²) in [5.74, 6) is -6.12. The lowest BCUT2D eigenvalue weighted by Gasteiger charge is -2.50. The molecule has 1 saturated carbocycles. The Balaban J connectivity index is 1.52. The second-order valence-electron chi connectivity index (χ2n) is 12.4. The van der Waals surface area contributed by atoms with Crippen LogP contribution in [0.4, 0.5) is 10.1 Å². The number of amides is 4. The SMILES string of the molecule is COc1cc(O)c([C@H]2C3=CC[C@@H]4C(=O)N(C)C(=O)[C@@H]4[C@@H]3C[C@H]3C(=O)N(Nc4ccc(F)cc4)C(=O)[C@@]23c2ccc(Cl)cc2)c(OC)c1. The van der Waals surface area contributed by atoms with Crippen LogP contribution >= 0.6 is 11.6 Å². The average Bonchev–Trinajstić information content (AvgIpc) is 3.42. The molecule has 3 aromatic rings. The van der Waals surface area contributed by atoms with E-state index < -0.39 is 52.6 Å². The van der Waals surface area contributed by atoms with Crippen molar-refractivity contribution in [3.63, 3.8) is 0 Å². The molecule has 0 radical (unpaired) electrons. The molecule has 2 N–H and O–H groups in total. The number of fused-ring (bicyclic) bond motifs is 4. The second kappa shape index (κ2) is 11.1. The van der Waals surface area contributed by atoms with E-state index in [1.807, 2.05) is 6.08 Å². The van der Waals surface area contributed by atoms with Crippen molar-refractivity contribution in [1.82, 2.24) is 9.91 Å². The summed E-state index contributed by atoms with van der Waals surface area (Å²) in [4.78, 5) is 57.7. The summed E-state index contributed by atoms with van der Waals surface area (Å²) >= 11 is 6.32. The first-order valence-corrected chi connectivity index (χ1v) is 15.5. The van der Waals surface area contributed by atoms with Gasteiger partial charge in [0.1, 0.15) is 23.1 Å². The second-order valence-corrected chi connectivity index (χ2v) is 12.8. The molecule has 0 bridgehead atoms. The van der Waals surface area contributed by atoms with Gasteiger partial charge in [-0.3, -0.25) is 29.5 Å². The Morgan fingerprint density at radius 1 is 0.936 bits per heavy atom. The topological polar surface area (TPSA) is 125 Å². The molecule has 0 unspecified atom stereocenters. The van der Waals surface area contributed by atoms with Gasteiger partial charge in [-0.2, -0.15) is 5.01 Å². The van der Waals surface area contributed by atoms with Crippen molar-refractivity contribution in [3.8, 4) is 17.2 Å². The number of hydrogen-bond acceptors (Lipinski definition) is 8. The van der Waals surface area contributed by atoms with Gasteiger partial charge >= 0.3 is 0 Å². The lowest BCUT2D eigenvalue weighted by atomic mass is 9.49. The molecule has 4 amide bonds. The smallest absolute Gasteiger partial charge is 0.260 e. The largest absolute Gasteiger partial charge is 0.507 e. The van der Waals surface area contributed by atoms with Crippen LogP contribution in [0.5, 0.6) is 17.2 Å². The third kappa shape index (κ3) is 4.36. The molecule has 10 nitrogen and oxygen atoms in total. The van der Waals surface area contributed by atoms with Crippen LogP contribution in [0.3, 0.4) is 0 Å². The van der Waals surface area contributed by atoms with E-state index in [4.69, 9.17) is 21.1 Å². The summed E-state index contributed by atoms with van der Waals surface area (Å²) in [6.45, 7) is 0. The van der Waals surface area contributed by atoms with E-state index in [0.717, 1.165) is 9.91 Å². The van der Waals surface area contributed by atoms with Gasteiger partial charge in [0.05, 0.1) is 43.1 Å². The van der Waals surface area contributed by atoms with E-state index in [-0.39, 0.29) is 41.7 Å². The maximum absolute atomic E-state index is 15.1. The molecule has 3 aromatic carbocycles. The molecule has 2 heterocycles. The lowest BCUT2D eigenvalue weighted by molar-refractivity contribution is -0.140. The average molecular weight is 660 g/mol. The highest BCUT2D eigenvalue weighted by atomic mass is 35.5. The molecule has 7 rings (SSSR count). The van der Waals surface area contributed by atoms with Crippen LogP contribution in [0.2, 0.25) is 5.02 Å². The van der Waals surface area contributed by atoms with Crippen LogP contribution < -0.4 is 14.9 Å². The number of phenolic OH excluding ortho intramolecular Hbond substituents is 1. The lowest BCUT2D eigenvalue weighted by Crippen LogP contribution is -2.53.